The van der Waals surface area contributed by atoms with E-state index in [1.807, 2.05) is 4.90 Å². The van der Waals surface area contributed by atoms with Crippen molar-refractivity contribution < 1.29 is 35.2 Å². The van der Waals surface area contributed by atoms with Crippen LogP contribution in [-0.2, 0) is 32.0 Å². The van der Waals surface area contributed by atoms with Crippen molar-refractivity contribution in [3.63, 3.8) is 0 Å². The molecule has 3 heterocycles. The van der Waals surface area contributed by atoms with Gasteiger partial charge >= 0.3 is 18.0 Å². The van der Waals surface area contributed by atoms with Crippen molar-refractivity contribution in [2.24, 2.45) is 5.73 Å². The van der Waals surface area contributed by atoms with Crippen LogP contribution >= 0.6 is 0 Å². The predicted octanol–water partition coefficient (Wildman–Crippen LogP) is 5.55. The summed E-state index contributed by atoms with van der Waals surface area (Å²) in [5.41, 5.74) is 3.34. The van der Waals surface area contributed by atoms with E-state index in [1.165, 1.54) is 13.0 Å². The fourth-order valence-corrected chi connectivity index (χ4v) is 5.89. The molecule has 1 aliphatic heterocycles. The molecule has 8 nitrogen and oxygen atoms in total. The number of rotatable bonds is 8. The lowest BCUT2D eigenvalue weighted by molar-refractivity contribution is -0.153. The molecule has 0 unspecified atom stereocenters. The van der Waals surface area contributed by atoms with Gasteiger partial charge in [0.25, 0.3) is 5.56 Å². The van der Waals surface area contributed by atoms with Gasteiger partial charge in [-0.1, -0.05) is 36.4 Å². The van der Waals surface area contributed by atoms with E-state index in [-0.39, 0.29) is 55.9 Å². The van der Waals surface area contributed by atoms with Gasteiger partial charge in [0.05, 0.1) is 25.2 Å². The van der Waals surface area contributed by atoms with Gasteiger partial charge in [0.15, 0.2) is 0 Å². The van der Waals surface area contributed by atoms with Gasteiger partial charge in [0, 0.05) is 43.0 Å². The average molecular weight is 668 g/mol. The number of nitrogens with two attached hydrogens (primary N) is 1. The molecular formula is C32H32F7N5O3. The smallest absolute Gasteiger partial charge is 0.449 e. The topological polar surface area (TPSA) is 89.6 Å². The highest BCUT2D eigenvalue weighted by Crippen LogP contribution is 2.34. The first-order chi connectivity index (χ1) is 22.1. The maximum atomic E-state index is 14.9. The molecular weight excluding hydrogens is 635 g/mol. The van der Waals surface area contributed by atoms with Crippen molar-refractivity contribution >= 4 is 5.69 Å². The van der Waals surface area contributed by atoms with Crippen LogP contribution in [0.4, 0.5) is 36.4 Å². The molecule has 0 radical (unpaired) electrons. The predicted molar refractivity (Wildman–Crippen MR) is 159 cm³/mol. The number of hydrogen-bond donors (Lipinski definition) is 1. The molecule has 2 N–H and O–H groups in total. The number of halogens is 7. The summed E-state index contributed by atoms with van der Waals surface area (Å²) in [6.45, 7) is 2.78. The number of anilines is 1. The summed E-state index contributed by atoms with van der Waals surface area (Å²) in [5.74, 6) is -2.18. The van der Waals surface area contributed by atoms with Crippen LogP contribution in [0.1, 0.15) is 46.9 Å². The maximum Gasteiger partial charge on any atom is 0.449 e. The summed E-state index contributed by atoms with van der Waals surface area (Å²) in [4.78, 5) is 31.4. The number of aromatic nitrogens is 2. The van der Waals surface area contributed by atoms with Crippen molar-refractivity contribution in [1.82, 2.24) is 14.0 Å². The van der Waals surface area contributed by atoms with Crippen LogP contribution in [0.2, 0.25) is 0 Å². The van der Waals surface area contributed by atoms with E-state index in [0.29, 0.717) is 5.56 Å². The van der Waals surface area contributed by atoms with Crippen molar-refractivity contribution in [3.05, 3.63) is 121 Å². The molecule has 252 valence electrons. The number of furan rings is 1. The zero-order valence-electron chi connectivity index (χ0n) is 25.4. The molecule has 4 aromatic rings. The zero-order valence-corrected chi connectivity index (χ0v) is 25.4. The molecule has 2 aromatic heterocycles. The van der Waals surface area contributed by atoms with Crippen LogP contribution in [-0.4, -0.2) is 39.7 Å². The third-order valence-corrected chi connectivity index (χ3v) is 8.39. The fraction of sp³-hybridized carbons (Fsp3) is 0.375. The third-order valence-electron chi connectivity index (χ3n) is 8.39. The largest absolute Gasteiger partial charge is 0.455 e. The summed E-state index contributed by atoms with van der Waals surface area (Å²) in [7, 11) is 0. The van der Waals surface area contributed by atoms with E-state index in [0.717, 1.165) is 33.4 Å². The minimum Gasteiger partial charge on any atom is -0.455 e. The van der Waals surface area contributed by atoms with Crippen LogP contribution in [0.3, 0.4) is 0 Å². The van der Waals surface area contributed by atoms with Crippen LogP contribution in [0.25, 0.3) is 0 Å². The summed E-state index contributed by atoms with van der Waals surface area (Å²) < 4.78 is 102. The molecule has 2 aromatic carbocycles. The Bertz CT molecular complexity index is 1850. The van der Waals surface area contributed by atoms with Gasteiger partial charge in [-0.2, -0.15) is 26.3 Å². The summed E-state index contributed by atoms with van der Waals surface area (Å²) in [6, 6.07) is 12.1. The van der Waals surface area contributed by atoms with Gasteiger partial charge in [0.2, 0.25) is 5.76 Å². The van der Waals surface area contributed by atoms with E-state index in [4.69, 9.17) is 10.2 Å². The molecule has 0 bridgehead atoms. The molecule has 1 saturated heterocycles. The average Bonchev–Trinajstić information content (AvgIpc) is 3.49. The Morgan fingerprint density at radius 3 is 2.21 bits per heavy atom. The van der Waals surface area contributed by atoms with Gasteiger partial charge in [-0.3, -0.25) is 18.8 Å². The van der Waals surface area contributed by atoms with Gasteiger partial charge in [-0.25, -0.2) is 9.18 Å². The van der Waals surface area contributed by atoms with Crippen LogP contribution in [0, 0.1) is 12.7 Å². The second-order valence-electron chi connectivity index (χ2n) is 11.5. The first kappa shape index (κ1) is 34.0. The Morgan fingerprint density at radius 2 is 1.60 bits per heavy atom. The van der Waals surface area contributed by atoms with Crippen molar-refractivity contribution in [2.75, 3.05) is 24.5 Å². The molecule has 0 spiro atoms. The lowest BCUT2D eigenvalue weighted by atomic mass is 10.1. The molecule has 47 heavy (non-hydrogen) atoms. The highest BCUT2D eigenvalue weighted by atomic mass is 19.4. The van der Waals surface area contributed by atoms with E-state index >= 15 is 0 Å². The molecule has 5 rings (SSSR count). The van der Waals surface area contributed by atoms with Gasteiger partial charge in [-0.15, -0.1) is 0 Å². The SMILES string of the molecule is Cc1c(N2CCN(Cc3ccc(C(F)(F)F)o3)[C@H](C)C2)c(=O)n(C[C@@H](N)c2ccccc2)c(=O)n1Cc1c(F)cccc1C(F)(F)F. The normalized spacial score (nSPS) is 16.9. The van der Waals surface area contributed by atoms with Crippen LogP contribution < -0.4 is 21.9 Å². The number of nitrogens with zero attached hydrogens (tertiary/aromatic N) is 4. The standard InChI is InChI=1S/C32H32F7N5O3/c1-19-15-42(14-13-41(19)16-22-11-12-27(47-22)32(37,38)39)28-20(2)43(17-23-24(31(34,35)36)9-6-10-25(23)33)30(46)44(29(28)45)18-26(40)21-7-4-3-5-8-21/h3-12,19,26H,13-18,40H2,1-2H3/t19-,26-/m1/s1. The van der Waals surface area contributed by atoms with Crippen molar-refractivity contribution in [2.45, 2.75) is 57.9 Å². The minimum atomic E-state index is -4.91. The zero-order chi connectivity index (χ0) is 34.3. The monoisotopic (exact) mass is 667 g/mol. The molecule has 0 amide bonds. The molecule has 2 atom stereocenters. The lowest BCUT2D eigenvalue weighted by Gasteiger charge is -2.41. The quantitative estimate of drug-likeness (QED) is 0.248. The molecule has 1 fully saturated rings. The molecule has 15 heteroatoms. The van der Waals surface area contributed by atoms with E-state index in [1.54, 1.807) is 42.2 Å². The van der Waals surface area contributed by atoms with Crippen molar-refractivity contribution in [1.29, 1.82) is 0 Å². The second kappa shape index (κ2) is 13.0. The summed E-state index contributed by atoms with van der Waals surface area (Å²) >= 11 is 0. The van der Waals surface area contributed by atoms with Crippen molar-refractivity contribution in [3.8, 4) is 0 Å². The maximum absolute atomic E-state index is 14.9. The van der Waals surface area contributed by atoms with E-state index in [9.17, 15) is 40.3 Å². The molecule has 0 saturated carbocycles. The van der Waals surface area contributed by atoms with Crippen LogP contribution in [0.15, 0.2) is 74.7 Å². The number of benzene rings is 2. The first-order valence-electron chi connectivity index (χ1n) is 14.7. The van der Waals surface area contributed by atoms with E-state index in [2.05, 4.69) is 0 Å². The molecule has 0 aliphatic carbocycles. The lowest BCUT2D eigenvalue weighted by Crippen LogP contribution is -2.54. The Labute approximate surface area is 264 Å². The highest BCUT2D eigenvalue weighted by molar-refractivity contribution is 5.50. The highest BCUT2D eigenvalue weighted by Gasteiger charge is 2.37. The fourth-order valence-electron chi connectivity index (χ4n) is 5.89. The Hall–Kier alpha value is -4.37. The Kier molecular flexibility index (Phi) is 9.42. The minimum absolute atomic E-state index is 0.0265. The van der Waals surface area contributed by atoms with E-state index < -0.39 is 58.9 Å². The Balaban J connectivity index is 1.53. The van der Waals surface area contributed by atoms with Gasteiger partial charge in [-0.05, 0) is 43.7 Å². The first-order valence-corrected chi connectivity index (χ1v) is 14.7. The third kappa shape index (κ3) is 7.15. The number of alkyl halides is 6. The number of piperazine rings is 1. The molecule has 1 aliphatic rings. The summed E-state index contributed by atoms with van der Waals surface area (Å²) in [5, 5.41) is 0. The van der Waals surface area contributed by atoms with Gasteiger partial charge < -0.3 is 15.1 Å². The second-order valence-corrected chi connectivity index (χ2v) is 11.5. The summed E-state index contributed by atoms with van der Waals surface area (Å²) in [6.07, 6.45) is -9.54. The number of hydrogen-bond acceptors (Lipinski definition) is 6. The van der Waals surface area contributed by atoms with Crippen LogP contribution in [0.5, 0.6) is 0 Å². The Morgan fingerprint density at radius 1 is 0.894 bits per heavy atom. The van der Waals surface area contributed by atoms with Gasteiger partial charge in [0.1, 0.15) is 17.3 Å².